The second kappa shape index (κ2) is 10.9. The number of ether oxygens (including phenoxy) is 1. The predicted molar refractivity (Wildman–Crippen MR) is 114 cm³/mol. The van der Waals surface area contributed by atoms with Crippen LogP contribution in [0.25, 0.3) is 0 Å². The van der Waals surface area contributed by atoms with Gasteiger partial charge in [-0.2, -0.15) is 0 Å². The van der Waals surface area contributed by atoms with Gasteiger partial charge in [0.05, 0.1) is 0 Å². The Bertz CT molecular complexity index is 775. The maximum atomic E-state index is 12.9. The van der Waals surface area contributed by atoms with Crippen molar-refractivity contribution >= 4 is 27.7 Å². The van der Waals surface area contributed by atoms with Gasteiger partial charge >= 0.3 is 0 Å². The van der Waals surface area contributed by atoms with Crippen molar-refractivity contribution in [3.05, 3.63) is 64.1 Å². The van der Waals surface area contributed by atoms with Crippen LogP contribution >= 0.6 is 15.9 Å². The zero-order valence-corrected chi connectivity index (χ0v) is 18.2. The highest BCUT2D eigenvalue weighted by atomic mass is 79.9. The first-order valence-corrected chi connectivity index (χ1v) is 10.2. The van der Waals surface area contributed by atoms with Crippen LogP contribution in [0, 0.1) is 6.92 Å². The molecule has 2 rings (SSSR count). The third kappa shape index (κ3) is 6.68. The van der Waals surface area contributed by atoms with Gasteiger partial charge in [0.1, 0.15) is 11.8 Å². The van der Waals surface area contributed by atoms with Crippen LogP contribution in [0.1, 0.15) is 31.4 Å². The van der Waals surface area contributed by atoms with Gasteiger partial charge in [-0.1, -0.05) is 52.7 Å². The Hall–Kier alpha value is -2.34. The number of aryl methyl sites for hydroxylation is 1. The van der Waals surface area contributed by atoms with Crippen molar-refractivity contribution in [3.8, 4) is 5.75 Å². The molecule has 2 aromatic rings. The number of nitrogens with one attached hydrogen (secondary N) is 1. The average Bonchev–Trinajstić information content (AvgIpc) is 2.70. The van der Waals surface area contributed by atoms with Crippen LogP contribution in [-0.4, -0.2) is 35.9 Å². The summed E-state index contributed by atoms with van der Waals surface area (Å²) in [7, 11) is 0. The molecule has 0 heterocycles. The number of hydrogen-bond donors (Lipinski definition) is 1. The van der Waals surface area contributed by atoms with Gasteiger partial charge in [0.25, 0.3) is 5.91 Å². The van der Waals surface area contributed by atoms with E-state index in [2.05, 4.69) is 21.2 Å². The molecule has 0 fully saturated rings. The van der Waals surface area contributed by atoms with Gasteiger partial charge < -0.3 is 15.0 Å². The van der Waals surface area contributed by atoms with Crippen LogP contribution in [0.15, 0.2) is 53.0 Å². The Balaban J connectivity index is 2.10. The molecule has 1 atom stereocenters. The lowest BCUT2D eigenvalue weighted by atomic mass is 10.1. The molecule has 2 aromatic carbocycles. The van der Waals surface area contributed by atoms with E-state index in [9.17, 15) is 9.59 Å². The summed E-state index contributed by atoms with van der Waals surface area (Å²) in [5.74, 6) is 0.232. The first-order valence-electron chi connectivity index (χ1n) is 9.41. The quantitative estimate of drug-likeness (QED) is 0.630. The number of halogens is 1. The van der Waals surface area contributed by atoms with Crippen LogP contribution < -0.4 is 10.1 Å². The summed E-state index contributed by atoms with van der Waals surface area (Å²) >= 11 is 3.41. The van der Waals surface area contributed by atoms with Gasteiger partial charge in [0.15, 0.2) is 6.61 Å². The molecule has 150 valence electrons. The normalized spacial score (nSPS) is 11.6. The molecule has 0 aliphatic heterocycles. The molecule has 0 aromatic heterocycles. The highest BCUT2D eigenvalue weighted by Gasteiger charge is 2.26. The SMILES string of the molecule is CCCNC(=O)[C@H](C)N(Cc1ccc(Br)cc1)C(=O)COc1ccc(C)cc1. The van der Waals surface area contributed by atoms with Crippen molar-refractivity contribution < 1.29 is 14.3 Å². The van der Waals surface area contributed by atoms with Gasteiger partial charge in [-0.05, 0) is 50.1 Å². The van der Waals surface area contributed by atoms with Gasteiger partial charge in [0.2, 0.25) is 5.91 Å². The zero-order valence-electron chi connectivity index (χ0n) is 16.6. The van der Waals surface area contributed by atoms with E-state index in [1.54, 1.807) is 11.8 Å². The van der Waals surface area contributed by atoms with Crippen molar-refractivity contribution in [1.82, 2.24) is 10.2 Å². The minimum atomic E-state index is -0.593. The second-order valence-electron chi connectivity index (χ2n) is 6.72. The van der Waals surface area contributed by atoms with Crippen LogP contribution in [0.3, 0.4) is 0 Å². The Morgan fingerprint density at radius 2 is 1.75 bits per heavy atom. The Kier molecular flexibility index (Phi) is 8.51. The maximum Gasteiger partial charge on any atom is 0.261 e. The highest BCUT2D eigenvalue weighted by Crippen LogP contribution is 2.16. The standard InChI is InChI=1S/C22H27BrN2O3/c1-4-13-24-22(27)17(3)25(14-18-7-9-19(23)10-8-18)21(26)15-28-20-11-5-16(2)6-12-20/h5-12,17H,4,13-15H2,1-3H3,(H,24,27)/t17-/m0/s1. The number of hydrogen-bond acceptors (Lipinski definition) is 3. The number of carbonyl (C=O) groups is 2. The van der Waals surface area contributed by atoms with Gasteiger partial charge in [-0.3, -0.25) is 9.59 Å². The third-order valence-electron chi connectivity index (χ3n) is 4.37. The molecule has 1 N–H and O–H groups in total. The Morgan fingerprint density at radius 1 is 1.11 bits per heavy atom. The van der Waals surface area contributed by atoms with E-state index < -0.39 is 6.04 Å². The number of nitrogens with zero attached hydrogens (tertiary/aromatic N) is 1. The molecule has 0 saturated carbocycles. The Morgan fingerprint density at radius 3 is 2.36 bits per heavy atom. The van der Waals surface area contributed by atoms with Gasteiger partial charge in [-0.25, -0.2) is 0 Å². The lowest BCUT2D eigenvalue weighted by Gasteiger charge is -2.28. The maximum absolute atomic E-state index is 12.9. The molecular weight excluding hydrogens is 420 g/mol. The minimum Gasteiger partial charge on any atom is -0.484 e. The van der Waals surface area contributed by atoms with E-state index in [1.165, 1.54) is 0 Å². The summed E-state index contributed by atoms with van der Waals surface area (Å²) < 4.78 is 6.60. The smallest absolute Gasteiger partial charge is 0.261 e. The molecule has 28 heavy (non-hydrogen) atoms. The third-order valence-corrected chi connectivity index (χ3v) is 4.89. The largest absolute Gasteiger partial charge is 0.484 e. The summed E-state index contributed by atoms with van der Waals surface area (Å²) in [6.45, 7) is 6.53. The second-order valence-corrected chi connectivity index (χ2v) is 7.63. The van der Waals surface area contributed by atoms with E-state index in [0.29, 0.717) is 18.8 Å². The molecule has 0 bridgehead atoms. The van der Waals surface area contributed by atoms with Crippen molar-refractivity contribution in [2.45, 2.75) is 39.8 Å². The number of carbonyl (C=O) groups excluding carboxylic acids is 2. The number of rotatable bonds is 9. The monoisotopic (exact) mass is 446 g/mol. The molecule has 0 saturated heterocycles. The fourth-order valence-electron chi connectivity index (χ4n) is 2.63. The van der Waals surface area contributed by atoms with Crippen LogP contribution in [0.2, 0.25) is 0 Å². The summed E-state index contributed by atoms with van der Waals surface area (Å²) in [6, 6.07) is 14.6. The fraction of sp³-hybridized carbons (Fsp3) is 0.364. The summed E-state index contributed by atoms with van der Waals surface area (Å²) in [6.07, 6.45) is 0.843. The molecular formula is C22H27BrN2O3. The van der Waals surface area contributed by atoms with E-state index in [-0.39, 0.29) is 18.4 Å². The lowest BCUT2D eigenvalue weighted by molar-refractivity contribution is -0.142. The minimum absolute atomic E-state index is 0.120. The number of amides is 2. The Labute approximate surface area is 175 Å². The topological polar surface area (TPSA) is 58.6 Å². The lowest BCUT2D eigenvalue weighted by Crippen LogP contribution is -2.49. The van der Waals surface area contributed by atoms with E-state index in [1.807, 2.05) is 62.4 Å². The van der Waals surface area contributed by atoms with Crippen LogP contribution in [0.4, 0.5) is 0 Å². The van der Waals surface area contributed by atoms with Crippen molar-refractivity contribution in [1.29, 1.82) is 0 Å². The summed E-state index contributed by atoms with van der Waals surface area (Å²) in [5, 5.41) is 2.86. The van der Waals surface area contributed by atoms with Crippen LogP contribution in [-0.2, 0) is 16.1 Å². The molecule has 6 heteroatoms. The van der Waals surface area contributed by atoms with Crippen molar-refractivity contribution in [2.24, 2.45) is 0 Å². The average molecular weight is 447 g/mol. The van der Waals surface area contributed by atoms with E-state index >= 15 is 0 Å². The van der Waals surface area contributed by atoms with Gasteiger partial charge in [-0.15, -0.1) is 0 Å². The van der Waals surface area contributed by atoms with E-state index in [4.69, 9.17) is 4.74 Å². The molecule has 2 amide bonds. The van der Waals surface area contributed by atoms with Crippen molar-refractivity contribution in [3.63, 3.8) is 0 Å². The predicted octanol–water partition coefficient (Wildman–Crippen LogP) is 4.08. The zero-order chi connectivity index (χ0) is 20.5. The summed E-state index contributed by atoms with van der Waals surface area (Å²) in [5.41, 5.74) is 2.07. The molecule has 0 aliphatic rings. The van der Waals surface area contributed by atoms with Crippen LogP contribution in [0.5, 0.6) is 5.75 Å². The molecule has 0 radical (unpaired) electrons. The molecule has 5 nitrogen and oxygen atoms in total. The van der Waals surface area contributed by atoms with Gasteiger partial charge in [0, 0.05) is 17.6 Å². The molecule has 0 unspecified atom stereocenters. The first kappa shape index (κ1) is 22.0. The van der Waals surface area contributed by atoms with Crippen molar-refractivity contribution in [2.75, 3.05) is 13.2 Å². The highest BCUT2D eigenvalue weighted by molar-refractivity contribution is 9.10. The van der Waals surface area contributed by atoms with E-state index in [0.717, 1.165) is 22.0 Å². The summed E-state index contributed by atoms with van der Waals surface area (Å²) in [4.78, 5) is 26.9. The molecule has 0 aliphatic carbocycles. The first-order chi connectivity index (χ1) is 13.4. The number of benzene rings is 2. The molecule has 0 spiro atoms. The fourth-order valence-corrected chi connectivity index (χ4v) is 2.89.